The van der Waals surface area contributed by atoms with E-state index in [4.69, 9.17) is 4.65 Å². The Hall–Kier alpha value is 2.63. The molecule has 0 heterocycles. The van der Waals surface area contributed by atoms with Crippen molar-refractivity contribution in [1.82, 2.24) is 0 Å². The van der Waals surface area contributed by atoms with E-state index < -0.39 is 16.5 Å². The van der Waals surface area contributed by atoms with Crippen LogP contribution in [0, 0.1) is 0 Å². The average molecular weight is 207 g/mol. The van der Waals surface area contributed by atoms with Crippen LogP contribution in [0.25, 0.3) is 4.65 Å². The fourth-order valence-electron chi connectivity index (χ4n) is 1.01. The third kappa shape index (κ3) is 19.2. The van der Waals surface area contributed by atoms with Gasteiger partial charge in [0, 0.05) is 0 Å². The molecule has 11 heavy (non-hydrogen) atoms. The largest absolute Gasteiger partial charge is 1.00 e. The Balaban J connectivity index is -0.000000320. The Kier molecular flexibility index (Phi) is 12.2. The number of hydrogen-bond donors (Lipinski definition) is 0. The van der Waals surface area contributed by atoms with Crippen LogP contribution in [0.3, 0.4) is 0 Å². The minimum atomic E-state index is -1.11. The van der Waals surface area contributed by atoms with E-state index in [2.05, 4.69) is 39.3 Å². The van der Waals surface area contributed by atoms with E-state index in [0.717, 1.165) is 0 Å². The maximum atomic E-state index is 4.82. The number of nitrogens with zero attached hydrogens (tertiary/aromatic N) is 1. The van der Waals surface area contributed by atoms with Crippen LogP contribution < -0.4 is 18.9 Å². The van der Waals surface area contributed by atoms with Gasteiger partial charge >= 0.3 is 70.2 Å². The van der Waals surface area contributed by atoms with E-state index >= 15 is 0 Å². The van der Waals surface area contributed by atoms with Gasteiger partial charge in [0.25, 0.3) is 0 Å². The molecule has 0 spiro atoms. The zero-order valence-electron chi connectivity index (χ0n) is 8.45. The van der Waals surface area contributed by atoms with Crippen molar-refractivity contribution in [3.05, 3.63) is 4.65 Å². The van der Waals surface area contributed by atoms with Crippen molar-refractivity contribution in [2.24, 2.45) is 0 Å². The van der Waals surface area contributed by atoms with E-state index in [1.807, 2.05) is 0 Å². The van der Waals surface area contributed by atoms with Gasteiger partial charge in [0.1, 0.15) is 0 Å². The van der Waals surface area contributed by atoms with Gasteiger partial charge in [-0.3, -0.25) is 0 Å². The van der Waals surface area contributed by atoms with Crippen LogP contribution in [0.1, 0.15) is 0 Å². The van der Waals surface area contributed by atoms with Gasteiger partial charge in [-0.05, 0) is 0 Å². The summed E-state index contributed by atoms with van der Waals surface area (Å²) in [5.74, 6) is 0. The molecular weight excluding hydrogens is 188 g/mol. The van der Waals surface area contributed by atoms with Crippen molar-refractivity contribution in [2.75, 3.05) is 0 Å². The summed E-state index contributed by atoms with van der Waals surface area (Å²) in [5.41, 5.74) is 0. The predicted molar refractivity (Wildman–Crippen MR) is 57.2 cm³/mol. The molecule has 0 bridgehead atoms. The molecular formula is C6H19KLiNSi2. The first kappa shape index (κ1) is 19.2. The molecule has 0 fully saturated rings. The van der Waals surface area contributed by atoms with E-state index in [1.54, 1.807) is 0 Å². The minimum absolute atomic E-state index is 0. The summed E-state index contributed by atoms with van der Waals surface area (Å²) in [4.78, 5) is 0. The quantitative estimate of drug-likeness (QED) is 0.536. The smallest absolute Gasteiger partial charge is 1.00 e. The second kappa shape index (κ2) is 6.99. The first-order chi connectivity index (χ1) is 3.71. The Morgan fingerprint density at radius 2 is 0.909 bits per heavy atom. The molecule has 0 N–H and O–H groups in total. The van der Waals surface area contributed by atoms with Crippen molar-refractivity contribution in [3.8, 4) is 0 Å². The fraction of sp³-hybridized carbons (Fsp3) is 1.00. The summed E-state index contributed by atoms with van der Waals surface area (Å²) in [6.07, 6.45) is 0. The summed E-state index contributed by atoms with van der Waals surface area (Å²) >= 11 is 0. The van der Waals surface area contributed by atoms with Crippen LogP contribution in [-0.4, -0.2) is 67.9 Å². The van der Waals surface area contributed by atoms with Crippen LogP contribution in [0.4, 0.5) is 0 Å². The molecule has 0 unspecified atom stereocenters. The van der Waals surface area contributed by atoms with Gasteiger partial charge < -0.3 is 4.65 Å². The zero-order valence-corrected chi connectivity index (χ0v) is 10.4. The van der Waals surface area contributed by atoms with Crippen LogP contribution in [0.2, 0.25) is 39.3 Å². The van der Waals surface area contributed by atoms with Crippen LogP contribution in [-0.2, 0) is 0 Å². The molecule has 0 aromatic carbocycles. The van der Waals surface area contributed by atoms with E-state index in [9.17, 15) is 0 Å². The molecule has 5 heteroatoms. The molecule has 0 aliphatic rings. The molecule has 0 amide bonds. The predicted octanol–water partition coefficient (Wildman–Crippen LogP) is -0.615. The molecule has 0 aromatic rings. The number of hydrogen-bond acceptors (Lipinski definition) is 0. The van der Waals surface area contributed by atoms with E-state index in [-0.39, 0.29) is 70.2 Å². The standard InChI is InChI=1S/C6H18NSi2.K.Li.H/c1-8(2,3)7-9(4,5)6;;;/h1-6H3;;;/q-1;;+1;. The molecule has 58 valence electrons. The van der Waals surface area contributed by atoms with Gasteiger partial charge in [-0.1, -0.05) is 55.8 Å². The van der Waals surface area contributed by atoms with Crippen molar-refractivity contribution < 1.29 is 18.9 Å². The van der Waals surface area contributed by atoms with Gasteiger partial charge in [-0.2, -0.15) is 0 Å². The molecule has 0 aliphatic heterocycles. The van der Waals surface area contributed by atoms with Crippen molar-refractivity contribution in [2.45, 2.75) is 39.3 Å². The fourth-order valence-corrected chi connectivity index (χ4v) is 9.06. The molecule has 0 rings (SSSR count). The van der Waals surface area contributed by atoms with Gasteiger partial charge in [-0.15, -0.1) is 0 Å². The normalized spacial score (nSPS) is 11.5. The third-order valence-corrected chi connectivity index (χ3v) is 6.04. The Labute approximate surface area is 128 Å². The average Bonchev–Trinajstić information content (AvgIpc) is 1.14. The molecule has 0 aliphatic carbocycles. The van der Waals surface area contributed by atoms with E-state index in [0.29, 0.717) is 0 Å². The van der Waals surface area contributed by atoms with Gasteiger partial charge in [-0.25, -0.2) is 0 Å². The topological polar surface area (TPSA) is 14.1 Å². The van der Waals surface area contributed by atoms with Crippen molar-refractivity contribution in [1.29, 1.82) is 0 Å². The van der Waals surface area contributed by atoms with Gasteiger partial charge in [0.15, 0.2) is 0 Å². The van der Waals surface area contributed by atoms with Crippen molar-refractivity contribution in [3.63, 3.8) is 0 Å². The second-order valence-electron chi connectivity index (χ2n) is 4.45. The first-order valence-electron chi connectivity index (χ1n) is 3.45. The summed E-state index contributed by atoms with van der Waals surface area (Å²) in [7, 11) is -2.21. The minimum Gasteiger partial charge on any atom is 1.00 e. The van der Waals surface area contributed by atoms with Crippen LogP contribution >= 0.6 is 0 Å². The molecule has 0 radical (unpaired) electrons. The molecule has 0 aromatic heterocycles. The van der Waals surface area contributed by atoms with Gasteiger partial charge in [0.05, 0.1) is 0 Å². The Bertz CT molecular complexity index is 85.7. The maximum absolute atomic E-state index is 4.82. The van der Waals surface area contributed by atoms with Gasteiger partial charge in [0.2, 0.25) is 0 Å². The van der Waals surface area contributed by atoms with E-state index in [1.165, 1.54) is 0 Å². The molecule has 0 saturated heterocycles. The van der Waals surface area contributed by atoms with Crippen LogP contribution in [0.15, 0.2) is 0 Å². The zero-order chi connectivity index (χ0) is 7.71. The SMILES string of the molecule is C[Si](C)(C)[N-][Si](C)(C)C.[KH].[Li+]. The summed E-state index contributed by atoms with van der Waals surface area (Å²) in [5, 5.41) is 0. The third-order valence-electron chi connectivity index (χ3n) is 0.671. The molecule has 1 nitrogen and oxygen atoms in total. The summed E-state index contributed by atoms with van der Waals surface area (Å²) in [6, 6.07) is 0. The maximum Gasteiger partial charge on any atom is 1.00 e. The molecule has 0 saturated carbocycles. The Morgan fingerprint density at radius 1 is 0.727 bits per heavy atom. The Morgan fingerprint density at radius 3 is 0.909 bits per heavy atom. The number of rotatable bonds is 2. The second-order valence-corrected chi connectivity index (χ2v) is 14.0. The van der Waals surface area contributed by atoms with Crippen molar-refractivity contribution >= 4 is 67.9 Å². The van der Waals surface area contributed by atoms with Crippen LogP contribution in [0.5, 0.6) is 0 Å². The monoisotopic (exact) mass is 207 g/mol. The first-order valence-corrected chi connectivity index (χ1v) is 10.3. The summed E-state index contributed by atoms with van der Waals surface area (Å²) < 4.78 is 4.82. The summed E-state index contributed by atoms with van der Waals surface area (Å²) in [6.45, 7) is 13.8. The molecule has 0 atom stereocenters.